The molecule has 0 unspecified atom stereocenters. The fourth-order valence-corrected chi connectivity index (χ4v) is 1.79. The van der Waals surface area contributed by atoms with Crippen molar-refractivity contribution in [1.29, 1.82) is 5.41 Å². The summed E-state index contributed by atoms with van der Waals surface area (Å²) in [5, 5.41) is 10.1. The van der Waals surface area contributed by atoms with Crippen LogP contribution < -0.4 is 39.6 Å². The molecule has 3 aromatic rings. The molecule has 0 radical (unpaired) electrons. The summed E-state index contributed by atoms with van der Waals surface area (Å²) < 4.78 is 1.42. The first-order chi connectivity index (χ1) is 11.8. The molecule has 0 amide bonds. The van der Waals surface area contributed by atoms with Crippen LogP contribution in [0.3, 0.4) is 0 Å². The molecule has 0 saturated heterocycles. The number of aliphatic imine (C=N–C) groups is 1. The quantitative estimate of drug-likeness (QED) is 0.209. The highest BCUT2D eigenvalue weighted by molar-refractivity contribution is 5.94. The van der Waals surface area contributed by atoms with Crippen LogP contribution in [0.5, 0.6) is 0 Å². The summed E-state index contributed by atoms with van der Waals surface area (Å²) in [6.45, 7) is 0. The Morgan fingerprint density at radius 2 is 1.28 bits per heavy atom. The van der Waals surface area contributed by atoms with Crippen molar-refractivity contribution < 1.29 is 0 Å². The van der Waals surface area contributed by atoms with Gasteiger partial charge in [0.2, 0.25) is 53.0 Å². The summed E-state index contributed by atoms with van der Waals surface area (Å²) in [7, 11) is 0. The van der Waals surface area contributed by atoms with Crippen molar-refractivity contribution in [3.63, 3.8) is 0 Å². The lowest BCUT2D eigenvalue weighted by molar-refractivity contribution is 0.862. The first kappa shape index (κ1) is 15.5. The summed E-state index contributed by atoms with van der Waals surface area (Å²) in [5.41, 5.74) is 26.2. The van der Waals surface area contributed by atoms with Gasteiger partial charge in [0.15, 0.2) is 0 Å². The van der Waals surface area contributed by atoms with Gasteiger partial charge in [-0.2, -0.15) is 39.9 Å². The molecule has 16 heteroatoms. The Bertz CT molecular complexity index is 999. The number of nitrogens with zero attached hydrogens (tertiary/aromatic N) is 9. The predicted molar refractivity (Wildman–Crippen MR) is 86.8 cm³/mol. The van der Waals surface area contributed by atoms with E-state index in [0.29, 0.717) is 5.95 Å². The van der Waals surface area contributed by atoms with Gasteiger partial charge in [0.1, 0.15) is 0 Å². The van der Waals surface area contributed by atoms with E-state index in [4.69, 9.17) is 34.1 Å². The average molecular weight is 344 g/mol. The number of hydrogen-bond acceptors (Lipinski definition) is 15. The number of nitrogens with two attached hydrogens (primary N) is 5. The molecule has 0 spiro atoms. The molecule has 0 fully saturated rings. The molecule has 25 heavy (non-hydrogen) atoms. The topological polar surface area (TPSA) is 273 Å². The van der Waals surface area contributed by atoms with Gasteiger partial charge < -0.3 is 28.7 Å². The van der Waals surface area contributed by atoms with Crippen molar-refractivity contribution in [3.05, 3.63) is 5.62 Å². The molecule has 12 N–H and O–H groups in total. The average Bonchev–Trinajstić information content (AvgIpc) is 2.44. The monoisotopic (exact) mass is 344 g/mol. The Hall–Kier alpha value is -4.37. The third-order valence-electron chi connectivity index (χ3n) is 2.61. The zero-order valence-electron chi connectivity index (χ0n) is 12.4. The lowest BCUT2D eigenvalue weighted by atomic mass is 10.7. The molecule has 4 rings (SSSR count). The van der Waals surface area contributed by atoms with E-state index in [9.17, 15) is 0 Å². The van der Waals surface area contributed by atoms with E-state index in [1.54, 1.807) is 0 Å². The van der Waals surface area contributed by atoms with Gasteiger partial charge in [0.25, 0.3) is 0 Å². The first-order valence-corrected chi connectivity index (χ1v) is 6.44. The minimum Gasteiger partial charge on any atom is -0.369 e. The lowest BCUT2D eigenvalue weighted by Gasteiger charge is -2.14. The van der Waals surface area contributed by atoms with Crippen molar-refractivity contribution in [3.8, 4) is 0 Å². The van der Waals surface area contributed by atoms with E-state index in [2.05, 4.69) is 45.2 Å². The van der Waals surface area contributed by atoms with Gasteiger partial charge in [-0.15, -0.1) is 0 Å². The lowest BCUT2D eigenvalue weighted by Crippen LogP contribution is -2.30. The van der Waals surface area contributed by atoms with Crippen molar-refractivity contribution in [2.75, 3.05) is 28.3 Å². The number of rotatable bonds is 0. The number of guanidine groups is 1. The Balaban J connectivity index is 0.000000173. The normalized spacial score (nSPS) is 11.9. The Morgan fingerprint density at radius 3 is 1.88 bits per heavy atom. The molecule has 4 heterocycles. The number of nitrogens with one attached hydrogen (secondary N) is 2. The number of hydrogen-bond donors (Lipinski definition) is 7. The standard InChI is InChI=1S/C6H6N10.C3H6N6/c7-1-10-4-12-2(8)14-6-15-3(9)13-5(11-1)16(4)6;4-1-7-2(5)9-3(6)8-1/h(H6,7,8,9,10,11,12,13,14,15);(H6,4,5,6,7,8,9). The number of nitrogen functional groups attached to an aromatic ring is 4. The molecule has 0 saturated carbocycles. The third-order valence-corrected chi connectivity index (χ3v) is 2.61. The number of anilines is 5. The van der Waals surface area contributed by atoms with Gasteiger partial charge in [-0.25, -0.2) is 4.40 Å². The van der Waals surface area contributed by atoms with Crippen LogP contribution in [-0.2, 0) is 0 Å². The maximum atomic E-state index is 7.38. The predicted octanol–water partition coefficient (Wildman–Crippen LogP) is -3.43. The maximum absolute atomic E-state index is 7.38. The summed E-state index contributed by atoms with van der Waals surface area (Å²) in [4.78, 5) is 29.8. The van der Waals surface area contributed by atoms with Gasteiger partial charge in [-0.05, 0) is 0 Å². The smallest absolute Gasteiger partial charge is 0.248 e. The van der Waals surface area contributed by atoms with Crippen LogP contribution in [0.2, 0.25) is 0 Å². The fourth-order valence-electron chi connectivity index (χ4n) is 1.79. The van der Waals surface area contributed by atoms with Crippen LogP contribution >= 0.6 is 0 Å². The summed E-state index contributed by atoms with van der Waals surface area (Å²) in [6, 6.07) is 0. The summed E-state index contributed by atoms with van der Waals surface area (Å²) in [6.07, 6.45) is 0. The van der Waals surface area contributed by atoms with E-state index in [-0.39, 0.29) is 47.1 Å². The zero-order valence-corrected chi connectivity index (χ0v) is 12.4. The number of aromatic nitrogens is 8. The molecule has 0 bridgehead atoms. The van der Waals surface area contributed by atoms with Crippen molar-refractivity contribution >= 4 is 47.4 Å². The van der Waals surface area contributed by atoms with Crippen molar-refractivity contribution in [2.24, 2.45) is 10.7 Å². The minimum atomic E-state index is -0.211. The highest BCUT2D eigenvalue weighted by atomic mass is 15.4. The fraction of sp³-hybridized carbons (Fsp3) is 0. The van der Waals surface area contributed by atoms with Gasteiger partial charge in [0.05, 0.1) is 0 Å². The van der Waals surface area contributed by atoms with Crippen molar-refractivity contribution in [1.82, 2.24) is 39.3 Å². The second-order valence-corrected chi connectivity index (χ2v) is 4.42. The van der Waals surface area contributed by atoms with Crippen LogP contribution in [0.15, 0.2) is 4.99 Å². The molecular weight excluding hydrogens is 332 g/mol. The second kappa shape index (κ2) is 5.68. The Morgan fingerprint density at radius 1 is 0.720 bits per heavy atom. The second-order valence-electron chi connectivity index (χ2n) is 4.42. The van der Waals surface area contributed by atoms with E-state index >= 15 is 0 Å². The molecule has 0 aromatic carbocycles. The minimum absolute atomic E-state index is 0.0289. The van der Waals surface area contributed by atoms with Gasteiger partial charge in [-0.3, -0.25) is 10.7 Å². The molecule has 0 atom stereocenters. The molecular formula is C9H12N16. The largest absolute Gasteiger partial charge is 0.369 e. The van der Waals surface area contributed by atoms with E-state index in [0.717, 1.165) is 0 Å². The SMILES string of the molecule is N=c1nc2n3c(nc(N)nc3n1)NC(N)=N2.Nc1nc(N)nc(N)n1. The Labute approximate surface area is 137 Å². The molecule has 128 valence electrons. The van der Waals surface area contributed by atoms with Crippen LogP contribution in [0.4, 0.5) is 35.7 Å². The summed E-state index contributed by atoms with van der Waals surface area (Å²) in [5.74, 6) is 0.992. The van der Waals surface area contributed by atoms with E-state index in [1.807, 2.05) is 0 Å². The molecule has 1 aliphatic heterocycles. The zero-order chi connectivity index (χ0) is 18.1. The van der Waals surface area contributed by atoms with E-state index in [1.165, 1.54) is 4.40 Å². The van der Waals surface area contributed by atoms with Gasteiger partial charge in [-0.1, -0.05) is 0 Å². The first-order valence-electron chi connectivity index (χ1n) is 6.44. The van der Waals surface area contributed by atoms with Crippen LogP contribution in [0, 0.1) is 5.41 Å². The third kappa shape index (κ3) is 3.21. The molecule has 1 aliphatic rings. The molecule has 0 aliphatic carbocycles. The Kier molecular flexibility index (Phi) is 3.53. The van der Waals surface area contributed by atoms with Crippen LogP contribution in [0.25, 0.3) is 5.78 Å². The highest BCUT2D eigenvalue weighted by Crippen LogP contribution is 2.17. The summed E-state index contributed by atoms with van der Waals surface area (Å²) >= 11 is 0. The van der Waals surface area contributed by atoms with Gasteiger partial charge >= 0.3 is 0 Å². The van der Waals surface area contributed by atoms with Gasteiger partial charge in [0, 0.05) is 0 Å². The van der Waals surface area contributed by atoms with Crippen LogP contribution in [0.1, 0.15) is 0 Å². The molecule has 3 aromatic heterocycles. The maximum Gasteiger partial charge on any atom is 0.248 e. The van der Waals surface area contributed by atoms with Crippen LogP contribution in [-0.4, -0.2) is 45.2 Å². The van der Waals surface area contributed by atoms with Crippen molar-refractivity contribution in [2.45, 2.75) is 0 Å². The highest BCUT2D eigenvalue weighted by Gasteiger charge is 2.16. The van der Waals surface area contributed by atoms with E-state index < -0.39 is 0 Å². The molecule has 16 nitrogen and oxygen atoms in total.